The summed E-state index contributed by atoms with van der Waals surface area (Å²) in [6.07, 6.45) is 0. The molecule has 1 fully saturated rings. The van der Waals surface area contributed by atoms with Crippen LogP contribution in [0.5, 0.6) is 5.75 Å². The van der Waals surface area contributed by atoms with Crippen LogP contribution in [0.25, 0.3) is 0 Å². The number of hydrogen-bond donors (Lipinski definition) is 1. The second-order valence-electron chi connectivity index (χ2n) is 5.62. The molecule has 1 aromatic carbocycles. The van der Waals surface area contributed by atoms with Gasteiger partial charge in [0.15, 0.2) is 0 Å². The molecule has 1 aliphatic rings. The average Bonchev–Trinajstić information content (AvgIpc) is 2.38. The number of benzene rings is 1. The standard InChI is InChI=1S/C15H21FN2O2/c1-11(2)10-17-6-8-18(9-7-17)15(20)14-12(16)4-3-5-13(14)19/h3-5,11,19H,6-10H2,1-2H3. The largest absolute Gasteiger partial charge is 0.507 e. The van der Waals surface area contributed by atoms with Gasteiger partial charge in [-0.15, -0.1) is 0 Å². The van der Waals surface area contributed by atoms with E-state index in [-0.39, 0.29) is 11.3 Å². The summed E-state index contributed by atoms with van der Waals surface area (Å²) in [4.78, 5) is 16.2. The number of phenolic OH excluding ortho intramolecular Hbond substituents is 1. The minimum atomic E-state index is -0.667. The molecule has 1 aliphatic heterocycles. The van der Waals surface area contributed by atoms with Gasteiger partial charge in [-0.3, -0.25) is 9.69 Å². The zero-order chi connectivity index (χ0) is 14.7. The van der Waals surface area contributed by atoms with Crippen LogP contribution in [0.1, 0.15) is 24.2 Å². The Labute approximate surface area is 118 Å². The Bertz CT molecular complexity index is 463. The Hall–Kier alpha value is -1.62. The summed E-state index contributed by atoms with van der Waals surface area (Å²) in [7, 11) is 0. The summed E-state index contributed by atoms with van der Waals surface area (Å²) >= 11 is 0. The number of aromatic hydroxyl groups is 1. The summed E-state index contributed by atoms with van der Waals surface area (Å²) in [5.41, 5.74) is -0.218. The molecule has 0 aromatic heterocycles. The zero-order valence-electron chi connectivity index (χ0n) is 12.0. The van der Waals surface area contributed by atoms with Gasteiger partial charge in [-0.2, -0.15) is 0 Å². The van der Waals surface area contributed by atoms with E-state index in [2.05, 4.69) is 18.7 Å². The molecule has 110 valence electrons. The lowest BCUT2D eigenvalue weighted by Crippen LogP contribution is -2.49. The van der Waals surface area contributed by atoms with Gasteiger partial charge in [0.2, 0.25) is 0 Å². The Morgan fingerprint density at radius 2 is 1.95 bits per heavy atom. The number of hydrogen-bond acceptors (Lipinski definition) is 3. The molecule has 0 radical (unpaired) electrons. The fourth-order valence-corrected chi connectivity index (χ4v) is 2.53. The van der Waals surface area contributed by atoms with Crippen molar-refractivity contribution in [1.29, 1.82) is 0 Å². The van der Waals surface area contributed by atoms with Crippen molar-refractivity contribution in [3.8, 4) is 5.75 Å². The number of piperazine rings is 1. The summed E-state index contributed by atoms with van der Waals surface area (Å²) in [5.74, 6) is -0.795. The van der Waals surface area contributed by atoms with Crippen LogP contribution in [0.3, 0.4) is 0 Å². The highest BCUT2D eigenvalue weighted by Gasteiger charge is 2.26. The van der Waals surface area contributed by atoms with Gasteiger partial charge < -0.3 is 10.0 Å². The first kappa shape index (κ1) is 14.8. The minimum absolute atomic E-state index is 0.218. The average molecular weight is 280 g/mol. The van der Waals surface area contributed by atoms with Gasteiger partial charge in [-0.1, -0.05) is 19.9 Å². The molecule has 0 spiro atoms. The van der Waals surface area contributed by atoms with E-state index in [1.807, 2.05) is 0 Å². The van der Waals surface area contributed by atoms with Crippen LogP contribution < -0.4 is 0 Å². The highest BCUT2D eigenvalue weighted by molar-refractivity contribution is 5.97. The molecule has 1 saturated heterocycles. The quantitative estimate of drug-likeness (QED) is 0.920. The lowest BCUT2D eigenvalue weighted by molar-refractivity contribution is 0.0616. The number of phenols is 1. The second kappa shape index (κ2) is 6.22. The van der Waals surface area contributed by atoms with Crippen LogP contribution in [0.2, 0.25) is 0 Å². The molecule has 0 saturated carbocycles. The lowest BCUT2D eigenvalue weighted by atomic mass is 10.1. The van der Waals surface area contributed by atoms with E-state index in [4.69, 9.17) is 0 Å². The monoisotopic (exact) mass is 280 g/mol. The van der Waals surface area contributed by atoms with Gasteiger partial charge in [0.05, 0.1) is 0 Å². The zero-order valence-corrected chi connectivity index (χ0v) is 12.0. The topological polar surface area (TPSA) is 43.8 Å². The third kappa shape index (κ3) is 3.28. The Kier molecular flexibility index (Phi) is 4.60. The highest BCUT2D eigenvalue weighted by Crippen LogP contribution is 2.22. The van der Waals surface area contributed by atoms with Crippen molar-refractivity contribution in [2.45, 2.75) is 13.8 Å². The smallest absolute Gasteiger partial charge is 0.260 e. The van der Waals surface area contributed by atoms with E-state index in [9.17, 15) is 14.3 Å². The third-order valence-corrected chi connectivity index (χ3v) is 3.49. The molecule has 2 rings (SSSR count). The highest BCUT2D eigenvalue weighted by atomic mass is 19.1. The van der Waals surface area contributed by atoms with E-state index < -0.39 is 11.7 Å². The molecular formula is C15H21FN2O2. The maximum Gasteiger partial charge on any atom is 0.260 e. The summed E-state index contributed by atoms with van der Waals surface area (Å²) < 4.78 is 13.7. The predicted octanol–water partition coefficient (Wildman–Crippen LogP) is 1.95. The summed E-state index contributed by atoms with van der Waals surface area (Å²) in [6, 6.07) is 3.93. The molecule has 5 heteroatoms. The number of nitrogens with zero attached hydrogens (tertiary/aromatic N) is 2. The van der Waals surface area contributed by atoms with E-state index >= 15 is 0 Å². The number of rotatable bonds is 3. The maximum atomic E-state index is 13.7. The van der Waals surface area contributed by atoms with Crippen molar-refractivity contribution < 1.29 is 14.3 Å². The first-order chi connectivity index (χ1) is 9.49. The minimum Gasteiger partial charge on any atom is -0.507 e. The summed E-state index contributed by atoms with van der Waals surface area (Å²) in [5, 5.41) is 9.67. The van der Waals surface area contributed by atoms with E-state index in [1.54, 1.807) is 4.90 Å². The van der Waals surface area contributed by atoms with Gasteiger partial charge in [0.25, 0.3) is 5.91 Å². The Balaban J connectivity index is 2.02. The molecule has 1 N–H and O–H groups in total. The molecular weight excluding hydrogens is 259 g/mol. The van der Waals surface area contributed by atoms with Crippen LogP contribution in [-0.4, -0.2) is 53.5 Å². The van der Waals surface area contributed by atoms with Gasteiger partial charge in [-0.25, -0.2) is 4.39 Å². The first-order valence-corrected chi connectivity index (χ1v) is 6.98. The molecule has 20 heavy (non-hydrogen) atoms. The molecule has 0 unspecified atom stereocenters. The van der Waals surface area contributed by atoms with Crippen LogP contribution in [0, 0.1) is 11.7 Å². The van der Waals surface area contributed by atoms with Gasteiger partial charge in [0.1, 0.15) is 17.1 Å². The van der Waals surface area contributed by atoms with Crippen molar-refractivity contribution in [3.05, 3.63) is 29.6 Å². The lowest BCUT2D eigenvalue weighted by Gasteiger charge is -2.35. The Morgan fingerprint density at radius 1 is 1.30 bits per heavy atom. The van der Waals surface area contributed by atoms with Crippen LogP contribution in [0.15, 0.2) is 18.2 Å². The van der Waals surface area contributed by atoms with Crippen molar-refractivity contribution in [1.82, 2.24) is 9.80 Å². The van der Waals surface area contributed by atoms with Crippen LogP contribution in [0.4, 0.5) is 4.39 Å². The van der Waals surface area contributed by atoms with E-state index in [0.29, 0.717) is 19.0 Å². The second-order valence-corrected chi connectivity index (χ2v) is 5.62. The number of halogens is 1. The van der Waals surface area contributed by atoms with Gasteiger partial charge in [0, 0.05) is 32.7 Å². The fourth-order valence-electron chi connectivity index (χ4n) is 2.53. The molecule has 0 aliphatic carbocycles. The number of carbonyl (C=O) groups is 1. The van der Waals surface area contributed by atoms with E-state index in [1.165, 1.54) is 18.2 Å². The fraction of sp³-hybridized carbons (Fsp3) is 0.533. The SMILES string of the molecule is CC(C)CN1CCN(C(=O)c2c(O)cccc2F)CC1. The number of carbonyl (C=O) groups excluding carboxylic acids is 1. The van der Waals surface area contributed by atoms with Crippen molar-refractivity contribution in [3.63, 3.8) is 0 Å². The predicted molar refractivity (Wildman–Crippen MR) is 75.2 cm³/mol. The molecule has 4 nitrogen and oxygen atoms in total. The first-order valence-electron chi connectivity index (χ1n) is 6.98. The Morgan fingerprint density at radius 3 is 2.50 bits per heavy atom. The number of amides is 1. The normalized spacial score (nSPS) is 16.7. The molecule has 0 atom stereocenters. The summed E-state index contributed by atoms with van der Waals surface area (Å²) in [6.45, 7) is 8.05. The maximum absolute atomic E-state index is 13.7. The van der Waals surface area contributed by atoms with Crippen molar-refractivity contribution in [2.24, 2.45) is 5.92 Å². The van der Waals surface area contributed by atoms with E-state index in [0.717, 1.165) is 19.6 Å². The van der Waals surface area contributed by atoms with Gasteiger partial charge in [-0.05, 0) is 18.1 Å². The van der Waals surface area contributed by atoms with Crippen LogP contribution in [-0.2, 0) is 0 Å². The third-order valence-electron chi connectivity index (χ3n) is 3.49. The molecule has 1 aromatic rings. The van der Waals surface area contributed by atoms with Crippen LogP contribution >= 0.6 is 0 Å². The molecule has 1 heterocycles. The molecule has 0 bridgehead atoms. The van der Waals surface area contributed by atoms with Crippen molar-refractivity contribution >= 4 is 5.91 Å². The van der Waals surface area contributed by atoms with Crippen molar-refractivity contribution in [2.75, 3.05) is 32.7 Å². The molecule has 1 amide bonds. The van der Waals surface area contributed by atoms with Gasteiger partial charge >= 0.3 is 0 Å².